The molecule has 1 aliphatic carbocycles. The van der Waals surface area contributed by atoms with Gasteiger partial charge in [0, 0.05) is 12.1 Å². The quantitative estimate of drug-likeness (QED) is 0.828. The lowest BCUT2D eigenvalue weighted by molar-refractivity contribution is 0.0928. The Labute approximate surface area is 121 Å². The lowest BCUT2D eigenvalue weighted by atomic mass is 10.1. The maximum absolute atomic E-state index is 12.2. The van der Waals surface area contributed by atoms with Crippen molar-refractivity contribution < 1.29 is 4.79 Å². The van der Waals surface area contributed by atoms with Crippen LogP contribution in [0.4, 0.5) is 5.69 Å². The Bertz CT molecular complexity index is 420. The molecule has 2 rings (SSSR count). The summed E-state index contributed by atoms with van der Waals surface area (Å²) >= 11 is 0. The molecule has 0 bridgehead atoms. The van der Waals surface area contributed by atoms with E-state index >= 15 is 0 Å². The first-order chi connectivity index (χ1) is 9.65. The third-order valence-electron chi connectivity index (χ3n) is 3.64. The molecule has 0 unspecified atom stereocenters. The van der Waals surface area contributed by atoms with Gasteiger partial charge in [0.2, 0.25) is 0 Å². The van der Waals surface area contributed by atoms with Crippen LogP contribution in [0, 0.1) is 0 Å². The molecular weight excluding hydrogens is 250 g/mol. The number of pyridine rings is 1. The minimum Gasteiger partial charge on any atom is -0.382 e. The lowest BCUT2D eigenvalue weighted by Crippen LogP contribution is -2.34. The second-order valence-electron chi connectivity index (χ2n) is 5.89. The molecule has 110 valence electrons. The summed E-state index contributed by atoms with van der Waals surface area (Å²) in [4.78, 5) is 16.4. The molecule has 1 saturated carbocycles. The van der Waals surface area contributed by atoms with Gasteiger partial charge >= 0.3 is 0 Å². The molecule has 20 heavy (non-hydrogen) atoms. The number of nitrogens with one attached hydrogen (secondary N) is 2. The fraction of sp³-hybridized carbons (Fsp3) is 0.625. The van der Waals surface area contributed by atoms with E-state index in [0.717, 1.165) is 18.5 Å². The molecule has 0 radical (unpaired) electrons. The van der Waals surface area contributed by atoms with Gasteiger partial charge in [-0.3, -0.25) is 4.79 Å². The van der Waals surface area contributed by atoms with Gasteiger partial charge in [0.05, 0.1) is 11.9 Å². The van der Waals surface area contributed by atoms with Crippen molar-refractivity contribution in [2.75, 3.05) is 5.32 Å². The molecule has 0 aromatic carbocycles. The standard InChI is InChI=1S/C16H25N3O/c1-12(2)18-14-9-10-15(17-11-14)16(20)19-13-7-5-3-4-6-8-13/h9-13,18H,3-8H2,1-2H3,(H,19,20). The van der Waals surface area contributed by atoms with Crippen LogP contribution in [0.15, 0.2) is 18.3 Å². The Balaban J connectivity index is 1.91. The van der Waals surface area contributed by atoms with E-state index in [2.05, 4.69) is 29.5 Å². The molecule has 0 aliphatic heterocycles. The fourth-order valence-electron chi connectivity index (χ4n) is 2.63. The highest BCUT2D eigenvalue weighted by molar-refractivity contribution is 5.92. The van der Waals surface area contributed by atoms with Crippen molar-refractivity contribution in [3.63, 3.8) is 0 Å². The number of hydrogen-bond donors (Lipinski definition) is 2. The fourth-order valence-corrected chi connectivity index (χ4v) is 2.63. The van der Waals surface area contributed by atoms with Crippen LogP contribution in [0.3, 0.4) is 0 Å². The zero-order valence-electron chi connectivity index (χ0n) is 12.5. The van der Waals surface area contributed by atoms with E-state index in [1.165, 1.54) is 25.7 Å². The van der Waals surface area contributed by atoms with Gasteiger partial charge in [-0.25, -0.2) is 4.98 Å². The van der Waals surface area contributed by atoms with Gasteiger partial charge in [-0.1, -0.05) is 25.7 Å². The van der Waals surface area contributed by atoms with E-state index in [4.69, 9.17) is 0 Å². The number of hydrogen-bond acceptors (Lipinski definition) is 3. The van der Waals surface area contributed by atoms with Gasteiger partial charge < -0.3 is 10.6 Å². The zero-order valence-corrected chi connectivity index (χ0v) is 12.5. The average molecular weight is 275 g/mol. The molecule has 0 saturated heterocycles. The summed E-state index contributed by atoms with van der Waals surface area (Å²) in [6, 6.07) is 4.38. The third kappa shape index (κ3) is 4.51. The van der Waals surface area contributed by atoms with E-state index in [-0.39, 0.29) is 5.91 Å². The predicted octanol–water partition coefficient (Wildman–Crippen LogP) is 3.35. The maximum Gasteiger partial charge on any atom is 0.270 e. The van der Waals surface area contributed by atoms with Crippen molar-refractivity contribution >= 4 is 11.6 Å². The Morgan fingerprint density at radius 3 is 2.45 bits per heavy atom. The molecule has 0 atom stereocenters. The Morgan fingerprint density at radius 2 is 1.90 bits per heavy atom. The smallest absolute Gasteiger partial charge is 0.270 e. The Morgan fingerprint density at radius 1 is 1.20 bits per heavy atom. The summed E-state index contributed by atoms with van der Waals surface area (Å²) in [6.07, 6.45) is 8.94. The zero-order chi connectivity index (χ0) is 14.4. The van der Waals surface area contributed by atoms with Crippen molar-refractivity contribution in [1.29, 1.82) is 0 Å². The highest BCUT2D eigenvalue weighted by Gasteiger charge is 2.16. The van der Waals surface area contributed by atoms with Gasteiger partial charge in [0.25, 0.3) is 5.91 Å². The molecule has 1 aliphatic rings. The van der Waals surface area contributed by atoms with Crippen molar-refractivity contribution in [1.82, 2.24) is 10.3 Å². The lowest BCUT2D eigenvalue weighted by Gasteiger charge is -2.16. The molecule has 1 aromatic rings. The van der Waals surface area contributed by atoms with Crippen LogP contribution in [0.25, 0.3) is 0 Å². The van der Waals surface area contributed by atoms with Gasteiger partial charge in [-0.15, -0.1) is 0 Å². The summed E-state index contributed by atoms with van der Waals surface area (Å²) in [6.45, 7) is 4.15. The van der Waals surface area contributed by atoms with Crippen LogP contribution in [-0.2, 0) is 0 Å². The molecule has 1 amide bonds. The van der Waals surface area contributed by atoms with Crippen LogP contribution < -0.4 is 10.6 Å². The first-order valence-electron chi connectivity index (χ1n) is 7.68. The molecule has 0 spiro atoms. The number of anilines is 1. The van der Waals surface area contributed by atoms with Crippen LogP contribution in [0.1, 0.15) is 62.9 Å². The topological polar surface area (TPSA) is 54.0 Å². The molecule has 1 aromatic heterocycles. The molecule has 1 heterocycles. The summed E-state index contributed by atoms with van der Waals surface area (Å²) < 4.78 is 0. The second-order valence-corrected chi connectivity index (χ2v) is 5.89. The summed E-state index contributed by atoms with van der Waals surface area (Å²) in [5.41, 5.74) is 1.45. The number of nitrogens with zero attached hydrogens (tertiary/aromatic N) is 1. The van der Waals surface area contributed by atoms with Gasteiger partial charge in [0.1, 0.15) is 5.69 Å². The van der Waals surface area contributed by atoms with Crippen molar-refractivity contribution in [3.05, 3.63) is 24.0 Å². The van der Waals surface area contributed by atoms with E-state index in [0.29, 0.717) is 17.8 Å². The SMILES string of the molecule is CC(C)Nc1ccc(C(=O)NC2CCCCCC2)nc1. The van der Waals surface area contributed by atoms with E-state index < -0.39 is 0 Å². The Hall–Kier alpha value is -1.58. The van der Waals surface area contributed by atoms with Gasteiger partial charge in [-0.2, -0.15) is 0 Å². The number of carbonyl (C=O) groups is 1. The predicted molar refractivity (Wildman–Crippen MR) is 82.0 cm³/mol. The number of carbonyl (C=O) groups excluding carboxylic acids is 1. The third-order valence-corrected chi connectivity index (χ3v) is 3.64. The molecule has 2 N–H and O–H groups in total. The molecule has 1 fully saturated rings. The minimum atomic E-state index is -0.0482. The minimum absolute atomic E-state index is 0.0482. The summed E-state index contributed by atoms with van der Waals surface area (Å²) in [5.74, 6) is -0.0482. The highest BCUT2D eigenvalue weighted by atomic mass is 16.1. The van der Waals surface area contributed by atoms with Gasteiger partial charge in [0.15, 0.2) is 0 Å². The first-order valence-corrected chi connectivity index (χ1v) is 7.68. The number of aromatic nitrogens is 1. The van der Waals surface area contributed by atoms with Crippen LogP contribution in [-0.4, -0.2) is 23.0 Å². The average Bonchev–Trinajstić information content (AvgIpc) is 2.67. The van der Waals surface area contributed by atoms with Crippen LogP contribution in [0.5, 0.6) is 0 Å². The van der Waals surface area contributed by atoms with Crippen molar-refractivity contribution in [2.45, 2.75) is 64.5 Å². The van der Waals surface area contributed by atoms with Crippen LogP contribution >= 0.6 is 0 Å². The second kappa shape index (κ2) is 7.27. The van der Waals surface area contributed by atoms with E-state index in [1.807, 2.05) is 6.07 Å². The van der Waals surface area contributed by atoms with Crippen molar-refractivity contribution in [3.8, 4) is 0 Å². The van der Waals surface area contributed by atoms with Gasteiger partial charge in [-0.05, 0) is 38.8 Å². The number of amides is 1. The first kappa shape index (κ1) is 14.8. The Kier molecular flexibility index (Phi) is 5.39. The summed E-state index contributed by atoms with van der Waals surface area (Å²) in [5, 5.41) is 6.38. The normalized spacial score (nSPS) is 16.8. The highest BCUT2D eigenvalue weighted by Crippen LogP contribution is 2.17. The molecular formula is C16H25N3O. The molecule has 4 heteroatoms. The van der Waals surface area contributed by atoms with Crippen LogP contribution in [0.2, 0.25) is 0 Å². The van der Waals surface area contributed by atoms with E-state index in [1.54, 1.807) is 12.3 Å². The maximum atomic E-state index is 12.2. The number of rotatable bonds is 4. The largest absolute Gasteiger partial charge is 0.382 e. The van der Waals surface area contributed by atoms with Crippen molar-refractivity contribution in [2.24, 2.45) is 0 Å². The monoisotopic (exact) mass is 275 g/mol. The van der Waals surface area contributed by atoms with E-state index in [9.17, 15) is 4.79 Å². The summed E-state index contributed by atoms with van der Waals surface area (Å²) in [7, 11) is 0. The molecule has 4 nitrogen and oxygen atoms in total.